The third-order valence-corrected chi connectivity index (χ3v) is 2.56. The summed E-state index contributed by atoms with van der Waals surface area (Å²) in [6.07, 6.45) is -0.804. The van der Waals surface area contributed by atoms with Gasteiger partial charge in [-0.1, -0.05) is 6.07 Å². The van der Waals surface area contributed by atoms with Crippen LogP contribution in [0.2, 0.25) is 0 Å². The van der Waals surface area contributed by atoms with E-state index in [1.807, 2.05) is 0 Å². The van der Waals surface area contributed by atoms with Gasteiger partial charge in [0, 0.05) is 19.2 Å². The van der Waals surface area contributed by atoms with Crippen LogP contribution in [0.1, 0.15) is 5.56 Å². The van der Waals surface area contributed by atoms with E-state index in [4.69, 9.17) is 4.74 Å². The topological polar surface area (TPSA) is 41.5 Å². The summed E-state index contributed by atoms with van der Waals surface area (Å²) in [7, 11) is 0. The van der Waals surface area contributed by atoms with Gasteiger partial charge in [0.25, 0.3) is 0 Å². The van der Waals surface area contributed by atoms with Gasteiger partial charge in [0.2, 0.25) is 0 Å². The number of rotatable bonds is 2. The molecule has 82 valence electrons. The number of ether oxygens (including phenoxy) is 1. The number of aliphatic hydroxyl groups excluding tert-OH is 1. The molecule has 1 aromatic carbocycles. The SMILES string of the molecule is Cc1ccc(OC2CNCC2O)cc1F. The van der Waals surface area contributed by atoms with Crippen molar-refractivity contribution in [1.82, 2.24) is 5.32 Å². The minimum atomic E-state index is -0.519. The van der Waals surface area contributed by atoms with Crippen LogP contribution >= 0.6 is 0 Å². The molecule has 1 saturated heterocycles. The third-order valence-electron chi connectivity index (χ3n) is 2.56. The first-order chi connectivity index (χ1) is 7.16. The first-order valence-electron chi connectivity index (χ1n) is 4.98. The molecule has 3 nitrogen and oxygen atoms in total. The van der Waals surface area contributed by atoms with Gasteiger partial charge in [-0.25, -0.2) is 4.39 Å². The normalized spacial score (nSPS) is 25.5. The molecule has 1 fully saturated rings. The van der Waals surface area contributed by atoms with Crippen molar-refractivity contribution < 1.29 is 14.2 Å². The van der Waals surface area contributed by atoms with E-state index in [2.05, 4.69) is 5.32 Å². The molecule has 0 spiro atoms. The van der Waals surface area contributed by atoms with Crippen molar-refractivity contribution >= 4 is 0 Å². The lowest BCUT2D eigenvalue weighted by atomic mass is 10.2. The molecular formula is C11H14FNO2. The summed E-state index contributed by atoms with van der Waals surface area (Å²) >= 11 is 0. The maximum Gasteiger partial charge on any atom is 0.138 e. The summed E-state index contributed by atoms with van der Waals surface area (Å²) in [6, 6.07) is 4.73. The van der Waals surface area contributed by atoms with Gasteiger partial charge in [0.1, 0.15) is 23.8 Å². The van der Waals surface area contributed by atoms with Crippen LogP contribution in [-0.2, 0) is 0 Å². The highest BCUT2D eigenvalue weighted by molar-refractivity contribution is 5.28. The van der Waals surface area contributed by atoms with Crippen LogP contribution in [0.15, 0.2) is 18.2 Å². The van der Waals surface area contributed by atoms with Crippen LogP contribution in [0.5, 0.6) is 5.75 Å². The second-order valence-corrected chi connectivity index (χ2v) is 3.79. The van der Waals surface area contributed by atoms with Crippen LogP contribution in [0.25, 0.3) is 0 Å². The van der Waals surface area contributed by atoms with E-state index in [0.717, 1.165) is 0 Å². The Labute approximate surface area is 87.9 Å². The summed E-state index contributed by atoms with van der Waals surface area (Å²) < 4.78 is 18.7. The van der Waals surface area contributed by atoms with Gasteiger partial charge in [-0.2, -0.15) is 0 Å². The molecule has 15 heavy (non-hydrogen) atoms. The Bertz CT molecular complexity index is 356. The number of hydrogen-bond acceptors (Lipinski definition) is 3. The molecule has 0 saturated carbocycles. The molecule has 2 N–H and O–H groups in total. The molecule has 0 aliphatic carbocycles. The zero-order valence-corrected chi connectivity index (χ0v) is 8.53. The molecule has 0 radical (unpaired) electrons. The minimum absolute atomic E-state index is 0.284. The van der Waals surface area contributed by atoms with Gasteiger partial charge >= 0.3 is 0 Å². The van der Waals surface area contributed by atoms with E-state index in [0.29, 0.717) is 24.4 Å². The molecule has 2 rings (SSSR count). The third kappa shape index (κ3) is 2.27. The molecule has 1 aliphatic heterocycles. The first kappa shape index (κ1) is 10.4. The lowest BCUT2D eigenvalue weighted by Gasteiger charge is -2.16. The highest BCUT2D eigenvalue weighted by atomic mass is 19.1. The fraction of sp³-hybridized carbons (Fsp3) is 0.455. The maximum atomic E-state index is 13.2. The van der Waals surface area contributed by atoms with E-state index in [1.54, 1.807) is 19.1 Å². The predicted octanol–water partition coefficient (Wildman–Crippen LogP) is 0.846. The first-order valence-corrected chi connectivity index (χ1v) is 4.98. The number of benzene rings is 1. The summed E-state index contributed by atoms with van der Waals surface area (Å²) in [5, 5.41) is 12.5. The Kier molecular flexibility index (Phi) is 2.88. The average Bonchev–Trinajstić information content (AvgIpc) is 2.59. The van der Waals surface area contributed by atoms with Crippen molar-refractivity contribution in [2.24, 2.45) is 0 Å². The van der Waals surface area contributed by atoms with Gasteiger partial charge < -0.3 is 15.2 Å². The second kappa shape index (κ2) is 4.16. The van der Waals surface area contributed by atoms with E-state index < -0.39 is 6.10 Å². The van der Waals surface area contributed by atoms with Gasteiger partial charge in [0.15, 0.2) is 0 Å². The smallest absolute Gasteiger partial charge is 0.138 e. The Morgan fingerprint density at radius 1 is 1.47 bits per heavy atom. The van der Waals surface area contributed by atoms with Gasteiger partial charge in [-0.15, -0.1) is 0 Å². The molecule has 2 atom stereocenters. The van der Waals surface area contributed by atoms with Gasteiger partial charge in [0.05, 0.1) is 0 Å². The molecule has 2 unspecified atom stereocenters. The number of halogens is 1. The van der Waals surface area contributed by atoms with Crippen LogP contribution in [0.3, 0.4) is 0 Å². The van der Waals surface area contributed by atoms with Crippen molar-refractivity contribution in [2.45, 2.75) is 19.1 Å². The fourth-order valence-corrected chi connectivity index (χ4v) is 1.58. The monoisotopic (exact) mass is 211 g/mol. The van der Waals surface area contributed by atoms with E-state index in [9.17, 15) is 9.50 Å². The Morgan fingerprint density at radius 3 is 2.87 bits per heavy atom. The predicted molar refractivity (Wildman–Crippen MR) is 54.4 cm³/mol. The minimum Gasteiger partial charge on any atom is -0.486 e. The van der Waals surface area contributed by atoms with Crippen molar-refractivity contribution in [1.29, 1.82) is 0 Å². The van der Waals surface area contributed by atoms with Crippen LogP contribution < -0.4 is 10.1 Å². The van der Waals surface area contributed by atoms with Crippen LogP contribution in [0.4, 0.5) is 4.39 Å². The van der Waals surface area contributed by atoms with Crippen molar-refractivity contribution in [3.8, 4) is 5.75 Å². The molecule has 1 aromatic rings. The summed E-state index contributed by atoms with van der Waals surface area (Å²) in [6.45, 7) is 2.82. The highest BCUT2D eigenvalue weighted by Crippen LogP contribution is 2.18. The Hall–Kier alpha value is -1.13. The summed E-state index contributed by atoms with van der Waals surface area (Å²) in [4.78, 5) is 0. The quantitative estimate of drug-likeness (QED) is 0.762. The number of nitrogens with one attached hydrogen (secondary N) is 1. The summed E-state index contributed by atoms with van der Waals surface area (Å²) in [5.41, 5.74) is 0.590. The van der Waals surface area contributed by atoms with Crippen LogP contribution in [-0.4, -0.2) is 30.4 Å². The van der Waals surface area contributed by atoms with E-state index in [-0.39, 0.29) is 11.9 Å². The molecule has 0 bridgehead atoms. The molecule has 0 amide bonds. The number of aliphatic hydroxyl groups is 1. The Morgan fingerprint density at radius 2 is 2.27 bits per heavy atom. The fourth-order valence-electron chi connectivity index (χ4n) is 1.58. The largest absolute Gasteiger partial charge is 0.486 e. The van der Waals surface area contributed by atoms with Crippen molar-refractivity contribution in [3.05, 3.63) is 29.6 Å². The maximum absolute atomic E-state index is 13.2. The zero-order valence-electron chi connectivity index (χ0n) is 8.53. The molecule has 4 heteroatoms. The summed E-state index contributed by atoms with van der Waals surface area (Å²) in [5.74, 6) is 0.179. The highest BCUT2D eigenvalue weighted by Gasteiger charge is 2.26. The van der Waals surface area contributed by atoms with Crippen molar-refractivity contribution in [2.75, 3.05) is 13.1 Å². The van der Waals surface area contributed by atoms with Gasteiger partial charge in [-0.3, -0.25) is 0 Å². The standard InChI is InChI=1S/C11H14FNO2/c1-7-2-3-8(4-9(7)12)15-11-6-13-5-10(11)14/h2-4,10-11,13-14H,5-6H2,1H3. The lowest BCUT2D eigenvalue weighted by molar-refractivity contribution is 0.0735. The molecule has 1 aliphatic rings. The zero-order chi connectivity index (χ0) is 10.8. The molecule has 1 heterocycles. The van der Waals surface area contributed by atoms with E-state index >= 15 is 0 Å². The Balaban J connectivity index is 2.07. The number of hydrogen-bond donors (Lipinski definition) is 2. The van der Waals surface area contributed by atoms with Crippen molar-refractivity contribution in [3.63, 3.8) is 0 Å². The number of aryl methyl sites for hydroxylation is 1. The van der Waals surface area contributed by atoms with E-state index in [1.165, 1.54) is 6.07 Å². The average molecular weight is 211 g/mol. The second-order valence-electron chi connectivity index (χ2n) is 3.79. The molecular weight excluding hydrogens is 197 g/mol. The lowest BCUT2D eigenvalue weighted by Crippen LogP contribution is -2.29. The number of β-amino-alcohol motifs (C(OH)–C–C–N with tert-alkyl or cyclic N) is 1. The van der Waals surface area contributed by atoms with Gasteiger partial charge in [-0.05, 0) is 18.6 Å². The van der Waals surface area contributed by atoms with Crippen LogP contribution in [0, 0.1) is 12.7 Å². The molecule has 0 aromatic heterocycles.